The zero-order valence-electron chi connectivity index (χ0n) is 15.2. The molecule has 0 unspecified atom stereocenters. The van der Waals surface area contributed by atoms with Gasteiger partial charge < -0.3 is 10.2 Å². The molecule has 3 aromatic rings. The van der Waals surface area contributed by atoms with E-state index in [4.69, 9.17) is 23.8 Å². The first-order valence-corrected chi connectivity index (χ1v) is 12.0. The smallest absolute Gasteiger partial charge is 0.180 e. The third-order valence-electron chi connectivity index (χ3n) is 4.09. The van der Waals surface area contributed by atoms with Crippen molar-refractivity contribution in [1.29, 1.82) is 0 Å². The highest BCUT2D eigenvalue weighted by Crippen LogP contribution is 2.18. The topological polar surface area (TPSA) is 49.4 Å². The van der Waals surface area contributed by atoms with Gasteiger partial charge >= 0.3 is 0 Å². The van der Waals surface area contributed by atoms with Crippen LogP contribution in [0.3, 0.4) is 0 Å². The summed E-state index contributed by atoms with van der Waals surface area (Å²) >= 11 is 12.9. The van der Waals surface area contributed by atoms with Gasteiger partial charge in [0.05, 0.1) is 17.2 Å². The summed E-state index contributed by atoms with van der Waals surface area (Å²) in [5.74, 6) is -0.502. The Labute approximate surface area is 183 Å². The van der Waals surface area contributed by atoms with Crippen molar-refractivity contribution < 1.29 is 12.8 Å². The number of nitrogens with zero attached hydrogens (tertiary/aromatic N) is 1. The van der Waals surface area contributed by atoms with Crippen molar-refractivity contribution in [3.8, 4) is 0 Å². The first kappa shape index (κ1) is 21.7. The summed E-state index contributed by atoms with van der Waals surface area (Å²) in [6.45, 7) is 0.638. The quantitative estimate of drug-likeness (QED) is 0.482. The zero-order chi connectivity index (χ0) is 20.9. The molecular weight excluding hydrogens is 451 g/mol. The lowest BCUT2D eigenvalue weighted by Crippen LogP contribution is -2.37. The minimum absolute atomic E-state index is 0.120. The number of rotatable bonds is 7. The lowest BCUT2D eigenvalue weighted by atomic mass is 10.3. The van der Waals surface area contributed by atoms with E-state index < -0.39 is 9.84 Å². The first-order chi connectivity index (χ1) is 13.8. The molecule has 152 valence electrons. The average Bonchev–Trinajstić information content (AvgIpc) is 3.18. The van der Waals surface area contributed by atoms with Gasteiger partial charge in [-0.15, -0.1) is 11.3 Å². The van der Waals surface area contributed by atoms with E-state index in [-0.39, 0.29) is 23.0 Å². The highest BCUT2D eigenvalue weighted by Gasteiger charge is 2.19. The molecule has 0 aliphatic rings. The number of hydrogen-bond acceptors (Lipinski definition) is 4. The molecule has 0 atom stereocenters. The lowest BCUT2D eigenvalue weighted by Gasteiger charge is -2.25. The van der Waals surface area contributed by atoms with Crippen molar-refractivity contribution in [3.63, 3.8) is 0 Å². The van der Waals surface area contributed by atoms with E-state index in [1.807, 2.05) is 17.5 Å². The average molecular weight is 469 g/mol. The summed E-state index contributed by atoms with van der Waals surface area (Å²) in [5.41, 5.74) is 0.506. The third-order valence-corrected chi connectivity index (χ3v) is 7.28. The van der Waals surface area contributed by atoms with Gasteiger partial charge in [-0.2, -0.15) is 0 Å². The van der Waals surface area contributed by atoms with Crippen molar-refractivity contribution in [2.24, 2.45) is 0 Å². The van der Waals surface area contributed by atoms with Crippen LogP contribution in [0.25, 0.3) is 0 Å². The Morgan fingerprint density at radius 3 is 2.55 bits per heavy atom. The maximum Gasteiger partial charge on any atom is 0.180 e. The number of thiophene rings is 1. The second-order valence-electron chi connectivity index (χ2n) is 6.21. The lowest BCUT2D eigenvalue weighted by molar-refractivity contribution is 0.444. The molecular formula is C20H18ClFN2O2S3. The van der Waals surface area contributed by atoms with Crippen molar-refractivity contribution in [1.82, 2.24) is 4.90 Å². The Bertz CT molecular complexity index is 1070. The molecule has 0 saturated heterocycles. The SMILES string of the molecule is O=S(=O)(CCN(Cc1cccs1)C(=S)Nc1cccc(F)c1)c1ccc(Cl)cc1. The fourth-order valence-corrected chi connectivity index (χ4v) is 4.97. The molecule has 1 heterocycles. The number of nitrogens with one attached hydrogen (secondary N) is 1. The van der Waals surface area contributed by atoms with Crippen molar-refractivity contribution >= 4 is 55.8 Å². The molecule has 0 saturated carbocycles. The Morgan fingerprint density at radius 2 is 1.90 bits per heavy atom. The molecule has 0 spiro atoms. The van der Waals surface area contributed by atoms with E-state index in [9.17, 15) is 12.8 Å². The van der Waals surface area contributed by atoms with Crippen LogP contribution in [0.5, 0.6) is 0 Å². The summed E-state index contributed by atoms with van der Waals surface area (Å²) in [5, 5.41) is 5.74. The van der Waals surface area contributed by atoms with Crippen LogP contribution in [-0.4, -0.2) is 30.7 Å². The second-order valence-corrected chi connectivity index (χ2v) is 10.2. The van der Waals surface area contributed by atoms with Gasteiger partial charge in [-0.3, -0.25) is 0 Å². The number of sulfone groups is 1. The molecule has 0 radical (unpaired) electrons. The number of halogens is 2. The van der Waals surface area contributed by atoms with E-state index in [0.29, 0.717) is 22.4 Å². The molecule has 0 aliphatic carbocycles. The molecule has 0 fully saturated rings. The standard InChI is InChI=1S/C20H18ClFN2O2S3/c21-15-6-8-19(9-7-15)29(25,26)12-10-24(14-18-5-2-11-28-18)20(27)23-17-4-1-3-16(22)13-17/h1-9,11,13H,10,12,14H2,(H,23,27). The Morgan fingerprint density at radius 1 is 1.14 bits per heavy atom. The molecule has 3 rings (SSSR count). The monoisotopic (exact) mass is 468 g/mol. The van der Waals surface area contributed by atoms with E-state index in [2.05, 4.69) is 5.32 Å². The summed E-state index contributed by atoms with van der Waals surface area (Å²) in [6, 6.07) is 15.9. The molecule has 4 nitrogen and oxygen atoms in total. The van der Waals surface area contributed by atoms with Crippen molar-refractivity contribution in [2.75, 3.05) is 17.6 Å². The molecule has 1 N–H and O–H groups in total. The summed E-state index contributed by atoms with van der Waals surface area (Å²) < 4.78 is 38.9. The Kier molecular flexibility index (Phi) is 7.23. The Balaban J connectivity index is 1.74. The Hall–Kier alpha value is -2.00. The summed E-state index contributed by atoms with van der Waals surface area (Å²) in [7, 11) is -3.51. The molecule has 0 amide bonds. The van der Waals surface area contributed by atoms with Gasteiger partial charge in [0.2, 0.25) is 0 Å². The largest absolute Gasteiger partial charge is 0.343 e. The van der Waals surface area contributed by atoms with Crippen LogP contribution in [0.4, 0.5) is 10.1 Å². The van der Waals surface area contributed by atoms with E-state index >= 15 is 0 Å². The minimum atomic E-state index is -3.51. The summed E-state index contributed by atoms with van der Waals surface area (Å²) in [6.07, 6.45) is 0. The van der Waals surface area contributed by atoms with Crippen molar-refractivity contribution in [3.05, 3.63) is 81.8 Å². The van der Waals surface area contributed by atoms with Crippen LogP contribution < -0.4 is 5.32 Å². The van der Waals surface area contributed by atoms with Gasteiger partial charge in [-0.1, -0.05) is 23.7 Å². The van der Waals surface area contributed by atoms with Crippen LogP contribution in [0, 0.1) is 5.82 Å². The number of thiocarbonyl (C=S) groups is 1. The fourth-order valence-electron chi connectivity index (χ4n) is 2.60. The van der Waals surface area contributed by atoms with Gasteiger partial charge in [0, 0.05) is 22.1 Å². The fraction of sp³-hybridized carbons (Fsp3) is 0.150. The predicted octanol–water partition coefficient (Wildman–Crippen LogP) is 5.21. The first-order valence-electron chi connectivity index (χ1n) is 8.66. The molecule has 2 aromatic carbocycles. The number of benzene rings is 2. The van der Waals surface area contributed by atoms with E-state index in [1.165, 1.54) is 24.3 Å². The van der Waals surface area contributed by atoms with Gasteiger partial charge in [-0.25, -0.2) is 12.8 Å². The third kappa shape index (κ3) is 6.24. The maximum absolute atomic E-state index is 13.5. The predicted molar refractivity (Wildman–Crippen MR) is 121 cm³/mol. The summed E-state index contributed by atoms with van der Waals surface area (Å²) in [4.78, 5) is 3.01. The molecule has 0 aliphatic heterocycles. The van der Waals surface area contributed by atoms with Crippen LogP contribution >= 0.6 is 35.2 Å². The van der Waals surface area contributed by atoms with Crippen LogP contribution in [-0.2, 0) is 16.4 Å². The van der Waals surface area contributed by atoms with Gasteiger partial charge in [0.1, 0.15) is 5.82 Å². The van der Waals surface area contributed by atoms with Crippen LogP contribution in [0.2, 0.25) is 5.02 Å². The molecule has 1 aromatic heterocycles. The number of hydrogen-bond donors (Lipinski definition) is 1. The highest BCUT2D eigenvalue weighted by molar-refractivity contribution is 7.91. The molecule has 0 bridgehead atoms. The number of anilines is 1. The second kappa shape index (κ2) is 9.67. The van der Waals surface area contributed by atoms with Gasteiger partial charge in [0.25, 0.3) is 0 Å². The van der Waals surface area contributed by atoms with Gasteiger partial charge in [0.15, 0.2) is 14.9 Å². The van der Waals surface area contributed by atoms with Crippen molar-refractivity contribution in [2.45, 2.75) is 11.4 Å². The highest BCUT2D eigenvalue weighted by atomic mass is 35.5. The molecule has 9 heteroatoms. The van der Waals surface area contributed by atoms with Crippen LogP contribution in [0.15, 0.2) is 70.9 Å². The normalized spacial score (nSPS) is 11.2. The van der Waals surface area contributed by atoms with Crippen LogP contribution in [0.1, 0.15) is 4.88 Å². The van der Waals surface area contributed by atoms with E-state index in [1.54, 1.807) is 40.5 Å². The molecule has 29 heavy (non-hydrogen) atoms. The van der Waals surface area contributed by atoms with E-state index in [0.717, 1.165) is 4.88 Å². The maximum atomic E-state index is 13.5. The zero-order valence-corrected chi connectivity index (χ0v) is 18.4. The van der Waals surface area contributed by atoms with Gasteiger partial charge in [-0.05, 0) is 66.1 Å². The minimum Gasteiger partial charge on any atom is -0.343 e.